The van der Waals surface area contributed by atoms with Gasteiger partial charge < -0.3 is 15.0 Å². The molecule has 0 heterocycles. The zero-order valence-corrected chi connectivity index (χ0v) is 27.1. The Morgan fingerprint density at radius 1 is 0.929 bits per heavy atom. The van der Waals surface area contributed by atoms with Crippen LogP contribution >= 0.6 is 34.8 Å². The van der Waals surface area contributed by atoms with Crippen molar-refractivity contribution in [2.75, 3.05) is 17.5 Å². The second kappa shape index (κ2) is 14.0. The number of carbonyl (C=O) groups excluding carboxylic acids is 2. The van der Waals surface area contributed by atoms with Gasteiger partial charge in [0.25, 0.3) is 10.0 Å². The van der Waals surface area contributed by atoms with E-state index in [1.165, 1.54) is 29.2 Å². The van der Waals surface area contributed by atoms with Gasteiger partial charge in [0, 0.05) is 32.7 Å². The number of amides is 2. The van der Waals surface area contributed by atoms with Crippen molar-refractivity contribution in [3.05, 3.63) is 87.4 Å². The number of para-hydroxylation sites is 2. The van der Waals surface area contributed by atoms with E-state index in [0.29, 0.717) is 20.6 Å². The minimum Gasteiger partial charge on any atom is -0.492 e. The highest BCUT2D eigenvalue weighted by Gasteiger charge is 2.35. The maximum absolute atomic E-state index is 14.2. The summed E-state index contributed by atoms with van der Waals surface area (Å²) in [7, 11) is -4.31. The average molecular weight is 655 g/mol. The third-order valence-corrected chi connectivity index (χ3v) is 8.90. The molecule has 42 heavy (non-hydrogen) atoms. The van der Waals surface area contributed by atoms with Crippen LogP contribution in [0.4, 0.5) is 5.69 Å². The standard InChI is InChI=1S/C30H34Cl3N3O5S/c1-6-41-27-13-8-7-12-26(27)36(42(39,40)22-16-14-21(31)15-17-22)19-28(37)35(20(2)29(38)34-30(3,4)5)18-23-24(32)10-9-11-25(23)33/h7-17,20H,6,18-19H2,1-5H3,(H,34,38)/t20-/m1/s1. The van der Waals surface area contributed by atoms with E-state index >= 15 is 0 Å². The van der Waals surface area contributed by atoms with Crippen LogP contribution in [0.5, 0.6) is 5.75 Å². The smallest absolute Gasteiger partial charge is 0.264 e. The van der Waals surface area contributed by atoms with Crippen LogP contribution in [0, 0.1) is 0 Å². The van der Waals surface area contributed by atoms with Gasteiger partial charge in [0.05, 0.1) is 17.2 Å². The van der Waals surface area contributed by atoms with E-state index in [0.717, 1.165) is 4.31 Å². The summed E-state index contributed by atoms with van der Waals surface area (Å²) in [6.07, 6.45) is 0. The fourth-order valence-corrected chi connectivity index (χ4v) is 6.17. The van der Waals surface area contributed by atoms with Crippen molar-refractivity contribution in [1.82, 2.24) is 10.2 Å². The number of anilines is 1. The van der Waals surface area contributed by atoms with Gasteiger partial charge in [0.1, 0.15) is 18.3 Å². The molecule has 0 saturated heterocycles. The first-order valence-electron chi connectivity index (χ1n) is 13.2. The summed E-state index contributed by atoms with van der Waals surface area (Å²) in [5.74, 6) is -0.822. The van der Waals surface area contributed by atoms with E-state index < -0.39 is 40.0 Å². The van der Waals surface area contributed by atoms with Crippen LogP contribution in [-0.4, -0.2) is 49.9 Å². The van der Waals surface area contributed by atoms with Crippen LogP contribution in [-0.2, 0) is 26.2 Å². The third-order valence-electron chi connectivity index (χ3n) is 6.17. The van der Waals surface area contributed by atoms with E-state index in [1.54, 1.807) is 56.3 Å². The summed E-state index contributed by atoms with van der Waals surface area (Å²) in [5, 5.41) is 3.84. The second-order valence-electron chi connectivity index (χ2n) is 10.5. The first kappa shape index (κ1) is 33.5. The maximum atomic E-state index is 14.2. The molecule has 0 fully saturated rings. The predicted molar refractivity (Wildman–Crippen MR) is 168 cm³/mol. The second-order valence-corrected chi connectivity index (χ2v) is 13.6. The molecule has 0 aromatic heterocycles. The number of rotatable bonds is 11. The summed E-state index contributed by atoms with van der Waals surface area (Å²) in [6.45, 7) is 8.27. The van der Waals surface area contributed by atoms with Crippen LogP contribution in [0.15, 0.2) is 71.6 Å². The minimum atomic E-state index is -4.31. The van der Waals surface area contributed by atoms with E-state index in [9.17, 15) is 18.0 Å². The van der Waals surface area contributed by atoms with Crippen molar-refractivity contribution in [2.45, 2.75) is 57.6 Å². The quantitative estimate of drug-likeness (QED) is 0.252. The number of sulfonamides is 1. The van der Waals surface area contributed by atoms with Crippen molar-refractivity contribution >= 4 is 62.3 Å². The Morgan fingerprint density at radius 3 is 2.10 bits per heavy atom. The van der Waals surface area contributed by atoms with Crippen molar-refractivity contribution in [3.63, 3.8) is 0 Å². The summed E-state index contributed by atoms with van der Waals surface area (Å²) in [6, 6.07) is 16.1. The number of hydrogen-bond acceptors (Lipinski definition) is 5. The lowest BCUT2D eigenvalue weighted by atomic mass is 10.1. The van der Waals surface area contributed by atoms with Gasteiger partial charge in [0.15, 0.2) is 0 Å². The molecule has 1 atom stereocenters. The molecule has 0 saturated carbocycles. The minimum absolute atomic E-state index is 0.0785. The van der Waals surface area contributed by atoms with Gasteiger partial charge in [0.2, 0.25) is 11.8 Å². The summed E-state index contributed by atoms with van der Waals surface area (Å²) in [4.78, 5) is 28.6. The Balaban J connectivity index is 2.13. The fourth-order valence-electron chi connectivity index (χ4n) is 4.10. The van der Waals surface area contributed by atoms with Gasteiger partial charge in [-0.05, 0) is 83.1 Å². The molecule has 0 spiro atoms. The molecule has 8 nitrogen and oxygen atoms in total. The van der Waals surface area contributed by atoms with E-state index in [4.69, 9.17) is 39.5 Å². The topological polar surface area (TPSA) is 96.0 Å². The molecule has 0 bridgehead atoms. The summed E-state index contributed by atoms with van der Waals surface area (Å²) in [5.41, 5.74) is -0.000691. The number of carbonyl (C=O) groups is 2. The maximum Gasteiger partial charge on any atom is 0.264 e. The molecule has 0 unspecified atom stereocenters. The van der Waals surface area contributed by atoms with Crippen molar-refractivity contribution < 1.29 is 22.7 Å². The van der Waals surface area contributed by atoms with Crippen LogP contribution in [0.2, 0.25) is 15.1 Å². The fraction of sp³-hybridized carbons (Fsp3) is 0.333. The predicted octanol–water partition coefficient (Wildman–Crippen LogP) is 6.57. The van der Waals surface area contributed by atoms with Gasteiger partial charge in [-0.15, -0.1) is 0 Å². The zero-order valence-electron chi connectivity index (χ0n) is 24.0. The van der Waals surface area contributed by atoms with Crippen molar-refractivity contribution in [2.24, 2.45) is 0 Å². The Bertz CT molecular complexity index is 1510. The van der Waals surface area contributed by atoms with Gasteiger partial charge in [-0.25, -0.2) is 8.42 Å². The monoisotopic (exact) mass is 653 g/mol. The molecular formula is C30H34Cl3N3O5S. The molecule has 2 amide bonds. The number of halogens is 3. The third kappa shape index (κ3) is 8.31. The molecule has 1 N–H and O–H groups in total. The van der Waals surface area contributed by atoms with Gasteiger partial charge in [-0.2, -0.15) is 0 Å². The molecule has 0 aliphatic heterocycles. The first-order chi connectivity index (χ1) is 19.7. The van der Waals surface area contributed by atoms with E-state index in [2.05, 4.69) is 5.32 Å². The Labute approximate surface area is 262 Å². The van der Waals surface area contributed by atoms with Gasteiger partial charge in [-0.3, -0.25) is 13.9 Å². The molecule has 0 radical (unpaired) electrons. The number of nitrogens with zero attached hydrogens (tertiary/aromatic N) is 2. The first-order valence-corrected chi connectivity index (χ1v) is 15.8. The molecular weight excluding hydrogens is 621 g/mol. The van der Waals surface area contributed by atoms with Gasteiger partial charge in [-0.1, -0.05) is 53.0 Å². The van der Waals surface area contributed by atoms with Crippen LogP contribution in [0.1, 0.15) is 40.2 Å². The summed E-state index contributed by atoms with van der Waals surface area (Å²) >= 11 is 18.9. The largest absolute Gasteiger partial charge is 0.492 e. The number of hydrogen-bond donors (Lipinski definition) is 1. The highest BCUT2D eigenvalue weighted by atomic mass is 35.5. The van der Waals surface area contributed by atoms with E-state index in [1.807, 2.05) is 20.8 Å². The number of nitrogens with one attached hydrogen (secondary N) is 1. The van der Waals surface area contributed by atoms with Crippen molar-refractivity contribution in [1.29, 1.82) is 0 Å². The highest BCUT2D eigenvalue weighted by molar-refractivity contribution is 7.92. The zero-order chi connectivity index (χ0) is 31.2. The van der Waals surface area contributed by atoms with Crippen LogP contribution in [0.3, 0.4) is 0 Å². The lowest BCUT2D eigenvalue weighted by molar-refractivity contribution is -0.140. The average Bonchev–Trinajstić information content (AvgIpc) is 2.91. The lowest BCUT2D eigenvalue weighted by Crippen LogP contribution is -2.54. The number of benzene rings is 3. The molecule has 3 aromatic rings. The lowest BCUT2D eigenvalue weighted by Gasteiger charge is -2.34. The highest BCUT2D eigenvalue weighted by Crippen LogP contribution is 2.34. The Morgan fingerprint density at radius 2 is 1.52 bits per heavy atom. The van der Waals surface area contributed by atoms with Crippen LogP contribution < -0.4 is 14.4 Å². The SMILES string of the molecule is CCOc1ccccc1N(CC(=O)N(Cc1c(Cl)cccc1Cl)[C@H](C)C(=O)NC(C)(C)C)S(=O)(=O)c1ccc(Cl)cc1. The molecule has 12 heteroatoms. The molecule has 0 aliphatic rings. The van der Waals surface area contributed by atoms with Gasteiger partial charge >= 0.3 is 0 Å². The van der Waals surface area contributed by atoms with E-state index in [-0.39, 0.29) is 29.5 Å². The molecule has 0 aliphatic carbocycles. The summed E-state index contributed by atoms with van der Waals surface area (Å²) < 4.78 is 34.8. The normalized spacial score (nSPS) is 12.4. The van der Waals surface area contributed by atoms with Crippen LogP contribution in [0.25, 0.3) is 0 Å². The molecule has 226 valence electrons. The molecule has 3 aromatic carbocycles. The van der Waals surface area contributed by atoms with Crippen molar-refractivity contribution in [3.8, 4) is 5.75 Å². The Kier molecular flexibility index (Phi) is 11.2. The number of ether oxygens (including phenoxy) is 1. The molecule has 3 rings (SSSR count). The Hall–Kier alpha value is -2.98.